The van der Waals surface area contributed by atoms with Crippen molar-refractivity contribution in [3.63, 3.8) is 0 Å². The van der Waals surface area contributed by atoms with Crippen molar-refractivity contribution in [1.29, 1.82) is 0 Å². The van der Waals surface area contributed by atoms with Crippen LogP contribution in [0.3, 0.4) is 0 Å². The maximum absolute atomic E-state index is 2.49. The largest absolute Gasteiger partial charge is 0.311 e. The molecule has 0 spiro atoms. The Balaban J connectivity index is 1.14. The van der Waals surface area contributed by atoms with Gasteiger partial charge in [-0.05, 0) is 125 Å². The average molecular weight is 705 g/mol. The third kappa shape index (κ3) is 5.99. The Bertz CT molecular complexity index is 2510. The van der Waals surface area contributed by atoms with Gasteiger partial charge in [0.25, 0.3) is 0 Å². The van der Waals surface area contributed by atoms with Crippen LogP contribution in [0.25, 0.3) is 31.3 Å². The van der Waals surface area contributed by atoms with Gasteiger partial charge in [0.2, 0.25) is 0 Å². The number of hydrogen-bond donors (Lipinski definition) is 0. The Morgan fingerprint density at radius 3 is 1.53 bits per heavy atom. The summed E-state index contributed by atoms with van der Waals surface area (Å²) in [6.45, 7) is 9.65. The van der Waals surface area contributed by atoms with Gasteiger partial charge in [0.05, 0.1) is 5.69 Å². The molecule has 1 aliphatic carbocycles. The normalized spacial score (nSPS) is 14.6. The van der Waals surface area contributed by atoms with Crippen molar-refractivity contribution >= 4 is 65.6 Å². The molecule has 0 saturated carbocycles. The number of fused-ring (bicyclic) bond motifs is 4. The molecule has 53 heavy (non-hydrogen) atoms. The van der Waals surface area contributed by atoms with Crippen LogP contribution in [0, 0.1) is 0 Å². The molecule has 9 rings (SSSR count). The van der Waals surface area contributed by atoms with Gasteiger partial charge < -0.3 is 9.80 Å². The molecule has 1 aromatic heterocycles. The summed E-state index contributed by atoms with van der Waals surface area (Å²) in [4.78, 5) is 4.80. The highest BCUT2D eigenvalue weighted by atomic mass is 32.1. The zero-order valence-corrected chi connectivity index (χ0v) is 31.7. The van der Waals surface area contributed by atoms with Crippen LogP contribution in [0.4, 0.5) is 34.1 Å². The van der Waals surface area contributed by atoms with E-state index in [4.69, 9.17) is 0 Å². The molecule has 0 bridgehead atoms. The van der Waals surface area contributed by atoms with Gasteiger partial charge in [-0.15, -0.1) is 11.3 Å². The molecular formula is C50H44N2S. The Hall–Kier alpha value is -5.64. The standard InChI is InChI=1S/C50H44N2S/c1-49(2)32-33-50(3,4)44-34-41(30-31-43(44)49)52(45-19-13-21-47-48(45)42-18-11-12-20-46(42)53-47)40-28-24-36(25-29-40)35-22-26-39(27-23-35)51(37-14-7-5-8-15-37)38-16-9-6-10-17-38/h5-31,34H,32-33H2,1-4H3. The summed E-state index contributed by atoms with van der Waals surface area (Å²) in [5.74, 6) is 0. The molecule has 8 aromatic rings. The van der Waals surface area contributed by atoms with Crippen LogP contribution >= 0.6 is 11.3 Å². The molecule has 0 N–H and O–H groups in total. The first-order chi connectivity index (χ1) is 25.8. The zero-order chi connectivity index (χ0) is 36.2. The van der Waals surface area contributed by atoms with Crippen molar-refractivity contribution in [2.45, 2.75) is 51.4 Å². The van der Waals surface area contributed by atoms with Crippen LogP contribution in [0.5, 0.6) is 0 Å². The highest BCUT2D eigenvalue weighted by molar-refractivity contribution is 7.26. The van der Waals surface area contributed by atoms with Crippen LogP contribution in [-0.4, -0.2) is 0 Å². The molecule has 260 valence electrons. The molecule has 0 fully saturated rings. The highest BCUT2D eigenvalue weighted by Crippen LogP contribution is 2.50. The van der Waals surface area contributed by atoms with Crippen LogP contribution in [0.15, 0.2) is 170 Å². The molecule has 7 aromatic carbocycles. The van der Waals surface area contributed by atoms with Gasteiger partial charge in [-0.3, -0.25) is 0 Å². The minimum atomic E-state index is 0.111. The van der Waals surface area contributed by atoms with E-state index in [2.05, 4.69) is 207 Å². The van der Waals surface area contributed by atoms with E-state index in [-0.39, 0.29) is 10.8 Å². The van der Waals surface area contributed by atoms with Crippen LogP contribution in [-0.2, 0) is 10.8 Å². The third-order valence-corrected chi connectivity index (χ3v) is 12.5. The fourth-order valence-electron chi connectivity index (χ4n) is 8.29. The van der Waals surface area contributed by atoms with Gasteiger partial charge in [0.15, 0.2) is 0 Å². The summed E-state index contributed by atoms with van der Waals surface area (Å²) in [5, 5.41) is 2.62. The minimum Gasteiger partial charge on any atom is -0.311 e. The Labute approximate surface area is 317 Å². The molecule has 0 aliphatic heterocycles. The van der Waals surface area contributed by atoms with Crippen molar-refractivity contribution in [1.82, 2.24) is 0 Å². The topological polar surface area (TPSA) is 6.48 Å². The lowest BCUT2D eigenvalue weighted by molar-refractivity contribution is 0.332. The van der Waals surface area contributed by atoms with Crippen molar-refractivity contribution in [2.24, 2.45) is 0 Å². The van der Waals surface area contributed by atoms with Crippen molar-refractivity contribution in [3.05, 3.63) is 181 Å². The SMILES string of the molecule is CC1(C)CCC(C)(C)c2cc(N(c3ccc(-c4ccc(N(c5ccccc5)c5ccccc5)cc4)cc3)c3cccc4sc5ccccc5c34)ccc21. The van der Waals surface area contributed by atoms with Gasteiger partial charge in [-0.25, -0.2) is 0 Å². The predicted molar refractivity (Wildman–Crippen MR) is 229 cm³/mol. The van der Waals surface area contributed by atoms with Gasteiger partial charge in [-0.1, -0.05) is 119 Å². The van der Waals surface area contributed by atoms with Gasteiger partial charge in [0.1, 0.15) is 0 Å². The number of thiophene rings is 1. The Morgan fingerprint density at radius 1 is 0.415 bits per heavy atom. The van der Waals surface area contributed by atoms with E-state index in [1.54, 1.807) is 0 Å². The first-order valence-corrected chi connectivity index (χ1v) is 19.5. The van der Waals surface area contributed by atoms with E-state index in [0.717, 1.165) is 22.7 Å². The summed E-state index contributed by atoms with van der Waals surface area (Å²) in [6, 6.07) is 62.1. The molecule has 2 nitrogen and oxygen atoms in total. The van der Waals surface area contributed by atoms with E-state index in [1.807, 2.05) is 11.3 Å². The quantitative estimate of drug-likeness (QED) is 0.163. The Kier molecular flexibility index (Phi) is 8.20. The van der Waals surface area contributed by atoms with E-state index in [1.165, 1.54) is 66.6 Å². The van der Waals surface area contributed by atoms with Crippen molar-refractivity contribution in [3.8, 4) is 11.1 Å². The molecule has 3 heteroatoms. The van der Waals surface area contributed by atoms with Crippen LogP contribution in [0.1, 0.15) is 51.7 Å². The summed E-state index contributed by atoms with van der Waals surface area (Å²) < 4.78 is 2.63. The molecule has 0 radical (unpaired) electrons. The smallest absolute Gasteiger partial charge is 0.0554 e. The minimum absolute atomic E-state index is 0.111. The van der Waals surface area contributed by atoms with E-state index < -0.39 is 0 Å². The van der Waals surface area contributed by atoms with Crippen LogP contribution < -0.4 is 9.80 Å². The van der Waals surface area contributed by atoms with Gasteiger partial charge >= 0.3 is 0 Å². The molecular weight excluding hydrogens is 661 g/mol. The van der Waals surface area contributed by atoms with Gasteiger partial charge in [-0.2, -0.15) is 0 Å². The third-order valence-electron chi connectivity index (χ3n) is 11.3. The van der Waals surface area contributed by atoms with E-state index >= 15 is 0 Å². The lowest BCUT2D eigenvalue weighted by Crippen LogP contribution is -2.34. The molecule has 1 aliphatic rings. The van der Waals surface area contributed by atoms with E-state index in [0.29, 0.717) is 0 Å². The molecule has 1 heterocycles. The highest BCUT2D eigenvalue weighted by Gasteiger charge is 2.37. The average Bonchev–Trinajstić information content (AvgIpc) is 3.58. The number of hydrogen-bond acceptors (Lipinski definition) is 3. The summed E-state index contributed by atoms with van der Waals surface area (Å²) in [6.07, 6.45) is 2.39. The predicted octanol–water partition coefficient (Wildman–Crippen LogP) is 15.0. The van der Waals surface area contributed by atoms with Crippen molar-refractivity contribution < 1.29 is 0 Å². The zero-order valence-electron chi connectivity index (χ0n) is 30.9. The lowest BCUT2D eigenvalue weighted by atomic mass is 9.63. The number of anilines is 6. The summed E-state index contributed by atoms with van der Waals surface area (Å²) >= 11 is 1.88. The molecule has 0 atom stereocenters. The monoisotopic (exact) mass is 704 g/mol. The fraction of sp³-hybridized carbons (Fsp3) is 0.160. The van der Waals surface area contributed by atoms with Gasteiger partial charge in [0, 0.05) is 48.6 Å². The van der Waals surface area contributed by atoms with Crippen LogP contribution in [0.2, 0.25) is 0 Å². The number of rotatable bonds is 7. The molecule has 0 unspecified atom stereocenters. The maximum atomic E-state index is 2.49. The second-order valence-electron chi connectivity index (χ2n) is 15.7. The molecule has 0 saturated heterocycles. The number of para-hydroxylation sites is 2. The maximum Gasteiger partial charge on any atom is 0.0554 e. The second-order valence-corrected chi connectivity index (χ2v) is 16.8. The fourth-order valence-corrected chi connectivity index (χ4v) is 9.42. The lowest BCUT2D eigenvalue weighted by Gasteiger charge is -2.42. The summed E-state index contributed by atoms with van der Waals surface area (Å²) in [7, 11) is 0. The second kappa shape index (κ2) is 13.1. The number of benzene rings is 7. The van der Waals surface area contributed by atoms with Crippen molar-refractivity contribution in [2.75, 3.05) is 9.80 Å². The number of nitrogens with zero attached hydrogens (tertiary/aromatic N) is 2. The van der Waals surface area contributed by atoms with E-state index in [9.17, 15) is 0 Å². The Morgan fingerprint density at radius 2 is 0.906 bits per heavy atom. The summed E-state index contributed by atoms with van der Waals surface area (Å²) in [5.41, 5.74) is 12.6. The first-order valence-electron chi connectivity index (χ1n) is 18.7. The first kappa shape index (κ1) is 33.2. The molecule has 0 amide bonds.